The molecule has 0 saturated heterocycles. The first kappa shape index (κ1) is 14.8. The number of hydrogen-bond acceptors (Lipinski definition) is 3. The van der Waals surface area contributed by atoms with Crippen LogP contribution in [-0.2, 0) is 9.59 Å². The van der Waals surface area contributed by atoms with Crippen LogP contribution in [0.1, 0.15) is 30.1 Å². The minimum atomic E-state index is -1.14. The van der Waals surface area contributed by atoms with Gasteiger partial charge in [0.1, 0.15) is 11.9 Å². The molecule has 1 rings (SSSR count). The number of rotatable bonds is 6. The number of carbonyl (C=O) groups is 3. The predicted octanol–water partition coefficient (Wildman–Crippen LogP) is 1.38. The summed E-state index contributed by atoms with van der Waals surface area (Å²) in [5.74, 6) is -2.38. The van der Waals surface area contributed by atoms with Crippen molar-refractivity contribution in [3.8, 4) is 0 Å². The number of carbonyl (C=O) groups excluding carboxylic acids is 2. The highest BCUT2D eigenvalue weighted by atomic mass is 19.1. The van der Waals surface area contributed by atoms with Crippen molar-refractivity contribution in [2.75, 3.05) is 0 Å². The Hall–Kier alpha value is -2.24. The van der Waals surface area contributed by atoms with Gasteiger partial charge in [-0.2, -0.15) is 0 Å². The molecular weight excluding hydrogens is 253 g/mol. The van der Waals surface area contributed by atoms with Gasteiger partial charge in [0, 0.05) is 18.4 Å². The maximum absolute atomic E-state index is 12.7. The lowest BCUT2D eigenvalue weighted by atomic mass is 10.1. The zero-order valence-corrected chi connectivity index (χ0v) is 10.4. The van der Waals surface area contributed by atoms with Gasteiger partial charge in [0.05, 0.1) is 0 Å². The van der Waals surface area contributed by atoms with Crippen molar-refractivity contribution in [2.24, 2.45) is 0 Å². The molecular formula is C13H14FNO4. The average Bonchev–Trinajstić information content (AvgIpc) is 2.36. The molecule has 6 heteroatoms. The molecule has 1 aromatic rings. The van der Waals surface area contributed by atoms with Gasteiger partial charge in [-0.15, -0.1) is 0 Å². The summed E-state index contributed by atoms with van der Waals surface area (Å²) in [7, 11) is 0. The molecule has 102 valence electrons. The van der Waals surface area contributed by atoms with Crippen molar-refractivity contribution in [1.82, 2.24) is 5.32 Å². The topological polar surface area (TPSA) is 83.5 Å². The lowest BCUT2D eigenvalue weighted by molar-refractivity contribution is -0.141. The standard InChI is InChI=1S/C13H14FNO4/c1-8(13(18)19)15-12(17)7-6-11(16)9-2-4-10(14)5-3-9/h2-5,8H,6-7H2,1H3,(H,15,17)(H,18,19). The second-order valence-electron chi connectivity index (χ2n) is 4.06. The van der Waals surface area contributed by atoms with E-state index in [0.29, 0.717) is 5.56 Å². The fraction of sp³-hybridized carbons (Fsp3) is 0.308. The first-order valence-corrected chi connectivity index (χ1v) is 5.71. The second kappa shape index (κ2) is 6.63. The summed E-state index contributed by atoms with van der Waals surface area (Å²) in [5.41, 5.74) is 0.320. The van der Waals surface area contributed by atoms with Crippen LogP contribution in [0, 0.1) is 5.82 Å². The Balaban J connectivity index is 2.44. The van der Waals surface area contributed by atoms with Crippen LogP contribution < -0.4 is 5.32 Å². The third-order valence-corrected chi connectivity index (χ3v) is 2.49. The summed E-state index contributed by atoms with van der Waals surface area (Å²) >= 11 is 0. The quantitative estimate of drug-likeness (QED) is 0.763. The summed E-state index contributed by atoms with van der Waals surface area (Å²) in [6, 6.07) is 4.03. The summed E-state index contributed by atoms with van der Waals surface area (Å²) < 4.78 is 12.7. The summed E-state index contributed by atoms with van der Waals surface area (Å²) in [4.78, 5) is 33.5. The number of carboxylic acids is 1. The van der Waals surface area contributed by atoms with Gasteiger partial charge in [0.25, 0.3) is 0 Å². The summed E-state index contributed by atoms with van der Waals surface area (Å²) in [6.45, 7) is 1.34. The van der Waals surface area contributed by atoms with Crippen LogP contribution in [-0.4, -0.2) is 28.8 Å². The molecule has 0 saturated carbocycles. The Kier molecular flexibility index (Phi) is 5.17. The third-order valence-electron chi connectivity index (χ3n) is 2.49. The highest BCUT2D eigenvalue weighted by Crippen LogP contribution is 2.07. The van der Waals surface area contributed by atoms with Crippen molar-refractivity contribution in [1.29, 1.82) is 0 Å². The highest BCUT2D eigenvalue weighted by Gasteiger charge is 2.15. The minimum absolute atomic E-state index is 0.0518. The van der Waals surface area contributed by atoms with Crippen LogP contribution in [0.4, 0.5) is 4.39 Å². The number of halogens is 1. The Labute approximate surface area is 109 Å². The van der Waals surface area contributed by atoms with Crippen molar-refractivity contribution in [2.45, 2.75) is 25.8 Å². The Morgan fingerprint density at radius 2 is 1.79 bits per heavy atom. The second-order valence-corrected chi connectivity index (χ2v) is 4.06. The van der Waals surface area contributed by atoms with E-state index in [1.807, 2.05) is 0 Å². The summed E-state index contributed by atoms with van der Waals surface area (Å²) in [6.07, 6.45) is -0.155. The molecule has 1 amide bonds. The van der Waals surface area contributed by atoms with Crippen LogP contribution >= 0.6 is 0 Å². The van der Waals surface area contributed by atoms with E-state index in [-0.39, 0.29) is 18.6 Å². The zero-order chi connectivity index (χ0) is 14.4. The molecule has 0 fully saturated rings. The number of carboxylic acid groups (broad SMARTS) is 1. The number of benzene rings is 1. The third kappa shape index (κ3) is 4.87. The molecule has 0 heterocycles. The molecule has 0 spiro atoms. The smallest absolute Gasteiger partial charge is 0.325 e. The van der Waals surface area contributed by atoms with Crippen LogP contribution in [0.25, 0.3) is 0 Å². The monoisotopic (exact) mass is 267 g/mol. The number of Topliss-reactive ketones (excluding diaryl/α,β-unsaturated/α-hetero) is 1. The summed E-state index contributed by atoms with van der Waals surface area (Å²) in [5, 5.41) is 10.8. The van der Waals surface area contributed by atoms with E-state index in [1.165, 1.54) is 31.2 Å². The van der Waals surface area contributed by atoms with Gasteiger partial charge in [-0.05, 0) is 31.2 Å². The van der Waals surface area contributed by atoms with Gasteiger partial charge in [0.2, 0.25) is 5.91 Å². The van der Waals surface area contributed by atoms with Crippen LogP contribution in [0.5, 0.6) is 0 Å². The lowest BCUT2D eigenvalue weighted by Gasteiger charge is -2.08. The molecule has 0 bridgehead atoms. The van der Waals surface area contributed by atoms with Crippen LogP contribution in [0.2, 0.25) is 0 Å². The van der Waals surface area contributed by atoms with E-state index < -0.39 is 23.7 Å². The van der Waals surface area contributed by atoms with E-state index in [9.17, 15) is 18.8 Å². The minimum Gasteiger partial charge on any atom is -0.480 e. The first-order valence-electron chi connectivity index (χ1n) is 5.71. The fourth-order valence-electron chi connectivity index (χ4n) is 1.38. The SMILES string of the molecule is CC(NC(=O)CCC(=O)c1ccc(F)cc1)C(=O)O. The molecule has 19 heavy (non-hydrogen) atoms. The van der Waals surface area contributed by atoms with E-state index in [1.54, 1.807) is 0 Å². The van der Waals surface area contributed by atoms with E-state index in [2.05, 4.69) is 5.32 Å². The number of nitrogens with one attached hydrogen (secondary N) is 1. The fourth-order valence-corrected chi connectivity index (χ4v) is 1.38. The molecule has 2 N–H and O–H groups in total. The van der Waals surface area contributed by atoms with Gasteiger partial charge in [-0.3, -0.25) is 14.4 Å². The van der Waals surface area contributed by atoms with Gasteiger partial charge < -0.3 is 10.4 Å². The zero-order valence-electron chi connectivity index (χ0n) is 10.4. The van der Waals surface area contributed by atoms with Crippen LogP contribution in [0.3, 0.4) is 0 Å². The molecule has 5 nitrogen and oxygen atoms in total. The highest BCUT2D eigenvalue weighted by molar-refractivity contribution is 5.98. The molecule has 0 aliphatic carbocycles. The van der Waals surface area contributed by atoms with E-state index in [0.717, 1.165) is 0 Å². The van der Waals surface area contributed by atoms with Crippen molar-refractivity contribution in [3.63, 3.8) is 0 Å². The Bertz CT molecular complexity index is 484. The Morgan fingerprint density at radius 3 is 2.32 bits per heavy atom. The van der Waals surface area contributed by atoms with Gasteiger partial charge in [-0.1, -0.05) is 0 Å². The predicted molar refractivity (Wildman–Crippen MR) is 65.2 cm³/mol. The van der Waals surface area contributed by atoms with E-state index >= 15 is 0 Å². The number of ketones is 1. The number of aliphatic carboxylic acids is 1. The molecule has 0 aromatic heterocycles. The molecule has 0 aliphatic rings. The number of amides is 1. The maximum atomic E-state index is 12.7. The van der Waals surface area contributed by atoms with Gasteiger partial charge in [-0.25, -0.2) is 4.39 Å². The van der Waals surface area contributed by atoms with E-state index in [4.69, 9.17) is 5.11 Å². The average molecular weight is 267 g/mol. The molecule has 1 unspecified atom stereocenters. The van der Waals surface area contributed by atoms with Gasteiger partial charge >= 0.3 is 5.97 Å². The lowest BCUT2D eigenvalue weighted by Crippen LogP contribution is -2.38. The molecule has 0 radical (unpaired) electrons. The van der Waals surface area contributed by atoms with Crippen molar-refractivity contribution >= 4 is 17.7 Å². The largest absolute Gasteiger partial charge is 0.480 e. The molecule has 1 aromatic carbocycles. The van der Waals surface area contributed by atoms with Crippen molar-refractivity contribution < 1.29 is 23.9 Å². The maximum Gasteiger partial charge on any atom is 0.325 e. The van der Waals surface area contributed by atoms with Crippen molar-refractivity contribution in [3.05, 3.63) is 35.6 Å². The first-order chi connectivity index (χ1) is 8.90. The molecule has 1 atom stereocenters. The number of hydrogen-bond donors (Lipinski definition) is 2. The van der Waals surface area contributed by atoms with Crippen LogP contribution in [0.15, 0.2) is 24.3 Å². The Morgan fingerprint density at radius 1 is 1.21 bits per heavy atom. The normalized spacial score (nSPS) is 11.7. The molecule has 0 aliphatic heterocycles. The van der Waals surface area contributed by atoms with Gasteiger partial charge in [0.15, 0.2) is 5.78 Å².